The summed E-state index contributed by atoms with van der Waals surface area (Å²) < 4.78 is 27.5. The number of alkyl halides is 1. The van der Waals surface area contributed by atoms with Gasteiger partial charge in [0.1, 0.15) is 0 Å². The first-order valence-corrected chi connectivity index (χ1v) is 10.2. The summed E-state index contributed by atoms with van der Waals surface area (Å²) in [6.45, 7) is 4.44. The van der Waals surface area contributed by atoms with Crippen LogP contribution in [0.25, 0.3) is 0 Å². The average molecular weight is 448 g/mol. The molecule has 1 unspecified atom stereocenters. The lowest BCUT2D eigenvalue weighted by Gasteiger charge is -2.42. The molecule has 7 nitrogen and oxygen atoms in total. The molecule has 1 aliphatic rings. The summed E-state index contributed by atoms with van der Waals surface area (Å²) in [4.78, 5) is 14.4. The van der Waals surface area contributed by atoms with Gasteiger partial charge >= 0.3 is 0 Å². The fraction of sp³-hybridized carbons (Fsp3) is 0.348. The molecule has 0 saturated carbocycles. The molecule has 2 aromatic rings. The molecule has 0 radical (unpaired) electrons. The van der Waals surface area contributed by atoms with Gasteiger partial charge in [0, 0.05) is 23.6 Å². The number of methoxy groups -OCH3 is 4. The standard InChI is InChI=1S/C23H26ClNO6/c1-14-21(15-7-8-17(27-2)18(11-15)31-10-6-9-24)25(23(14)26)16-12-19(28-3)22(30-5)20(13-16)29-4/h7-8,11-13,21H,1,6,9-10H2,2-5H3. The van der Waals surface area contributed by atoms with Gasteiger partial charge in [-0.1, -0.05) is 12.6 Å². The van der Waals surface area contributed by atoms with Gasteiger partial charge in [0.15, 0.2) is 23.0 Å². The molecule has 1 saturated heterocycles. The van der Waals surface area contributed by atoms with Crippen molar-refractivity contribution < 1.29 is 28.5 Å². The first-order chi connectivity index (χ1) is 15.0. The fourth-order valence-electron chi connectivity index (χ4n) is 3.51. The molecule has 1 heterocycles. The van der Waals surface area contributed by atoms with Crippen LogP contribution >= 0.6 is 11.6 Å². The minimum atomic E-state index is -0.364. The highest BCUT2D eigenvalue weighted by atomic mass is 35.5. The van der Waals surface area contributed by atoms with Gasteiger partial charge in [-0.25, -0.2) is 0 Å². The minimum Gasteiger partial charge on any atom is -0.493 e. The van der Waals surface area contributed by atoms with E-state index >= 15 is 0 Å². The number of rotatable bonds is 10. The summed E-state index contributed by atoms with van der Waals surface area (Å²) in [5.41, 5.74) is 1.93. The summed E-state index contributed by atoms with van der Waals surface area (Å²) in [5, 5.41) is 0. The zero-order chi connectivity index (χ0) is 22.5. The third-order valence-electron chi connectivity index (χ3n) is 5.05. The van der Waals surface area contributed by atoms with Crippen LogP contribution in [0.4, 0.5) is 5.69 Å². The van der Waals surface area contributed by atoms with Gasteiger partial charge in [-0.3, -0.25) is 9.69 Å². The highest BCUT2D eigenvalue weighted by Gasteiger charge is 2.43. The van der Waals surface area contributed by atoms with E-state index in [0.717, 1.165) is 5.56 Å². The smallest absolute Gasteiger partial charge is 0.256 e. The number of hydrogen-bond donors (Lipinski definition) is 0. The van der Waals surface area contributed by atoms with Crippen LogP contribution in [0, 0.1) is 0 Å². The third kappa shape index (κ3) is 4.23. The SMILES string of the molecule is C=C1C(=O)N(c2cc(OC)c(OC)c(OC)c2)C1c1ccc(OC)c(OCCCCl)c1. The van der Waals surface area contributed by atoms with Gasteiger partial charge in [-0.05, 0) is 24.1 Å². The number of nitrogens with zero attached hydrogens (tertiary/aromatic N) is 1. The van der Waals surface area contributed by atoms with Crippen LogP contribution in [0.5, 0.6) is 28.7 Å². The first kappa shape index (κ1) is 22.6. The van der Waals surface area contributed by atoms with Gasteiger partial charge < -0.3 is 23.7 Å². The Morgan fingerprint density at radius 3 is 2.13 bits per heavy atom. The molecular weight excluding hydrogens is 422 g/mol. The molecule has 0 bridgehead atoms. The predicted molar refractivity (Wildman–Crippen MR) is 119 cm³/mol. The van der Waals surface area contributed by atoms with Crippen LogP contribution in [0.1, 0.15) is 18.0 Å². The third-order valence-corrected chi connectivity index (χ3v) is 5.32. The molecule has 0 aliphatic carbocycles. The Labute approximate surface area is 187 Å². The summed E-state index contributed by atoms with van der Waals surface area (Å²) in [6, 6.07) is 8.67. The van der Waals surface area contributed by atoms with Crippen LogP contribution in [-0.4, -0.2) is 46.8 Å². The molecule has 1 amide bonds. The first-order valence-electron chi connectivity index (χ1n) is 9.69. The zero-order valence-corrected chi connectivity index (χ0v) is 18.8. The lowest BCUT2D eigenvalue weighted by atomic mass is 9.88. The Hall–Kier alpha value is -3.06. The van der Waals surface area contributed by atoms with Crippen molar-refractivity contribution in [1.82, 2.24) is 0 Å². The van der Waals surface area contributed by atoms with Crippen molar-refractivity contribution in [2.24, 2.45) is 0 Å². The monoisotopic (exact) mass is 447 g/mol. The zero-order valence-electron chi connectivity index (χ0n) is 18.1. The normalized spacial score (nSPS) is 15.4. The molecule has 31 heavy (non-hydrogen) atoms. The molecule has 2 aromatic carbocycles. The number of anilines is 1. The summed E-state index contributed by atoms with van der Waals surface area (Å²) in [5.74, 6) is 2.89. The second kappa shape index (κ2) is 9.83. The highest BCUT2D eigenvalue weighted by Crippen LogP contribution is 2.48. The van der Waals surface area contributed by atoms with Crippen molar-refractivity contribution in [1.29, 1.82) is 0 Å². The molecule has 1 fully saturated rings. The fourth-order valence-corrected chi connectivity index (χ4v) is 3.62. The van der Waals surface area contributed by atoms with E-state index in [2.05, 4.69) is 6.58 Å². The maximum Gasteiger partial charge on any atom is 0.256 e. The van der Waals surface area contributed by atoms with Crippen molar-refractivity contribution in [3.05, 3.63) is 48.0 Å². The van der Waals surface area contributed by atoms with Crippen molar-refractivity contribution in [2.75, 3.05) is 45.8 Å². The quantitative estimate of drug-likeness (QED) is 0.233. The van der Waals surface area contributed by atoms with Crippen molar-refractivity contribution >= 4 is 23.2 Å². The van der Waals surface area contributed by atoms with Gasteiger partial charge in [-0.2, -0.15) is 0 Å². The number of carbonyl (C=O) groups excluding carboxylic acids is 1. The van der Waals surface area contributed by atoms with Crippen LogP contribution in [-0.2, 0) is 4.79 Å². The molecule has 3 rings (SSSR count). The highest BCUT2D eigenvalue weighted by molar-refractivity contribution is 6.17. The maximum atomic E-state index is 12.8. The van der Waals surface area contributed by atoms with Gasteiger partial charge in [0.05, 0.1) is 46.8 Å². The van der Waals surface area contributed by atoms with Gasteiger partial charge in [0.25, 0.3) is 5.91 Å². The molecule has 0 aromatic heterocycles. The molecule has 0 spiro atoms. The molecule has 8 heteroatoms. The number of amides is 1. The predicted octanol–water partition coefficient (Wildman–Crippen LogP) is 4.37. The van der Waals surface area contributed by atoms with Crippen molar-refractivity contribution in [3.8, 4) is 28.7 Å². The van der Waals surface area contributed by atoms with Crippen LogP contribution < -0.4 is 28.6 Å². The van der Waals surface area contributed by atoms with E-state index in [4.69, 9.17) is 35.3 Å². The maximum absolute atomic E-state index is 12.8. The van der Waals surface area contributed by atoms with Crippen LogP contribution in [0.2, 0.25) is 0 Å². The molecule has 1 aliphatic heterocycles. The van der Waals surface area contributed by atoms with E-state index in [1.165, 1.54) is 21.3 Å². The van der Waals surface area contributed by atoms with E-state index in [1.54, 1.807) is 24.1 Å². The Balaban J connectivity index is 2.00. The Morgan fingerprint density at radius 1 is 0.935 bits per heavy atom. The Bertz CT molecular complexity index is 952. The average Bonchev–Trinajstić information content (AvgIpc) is 2.80. The summed E-state index contributed by atoms with van der Waals surface area (Å²) in [7, 11) is 6.17. The summed E-state index contributed by atoms with van der Waals surface area (Å²) in [6.07, 6.45) is 0.709. The number of ether oxygens (including phenoxy) is 5. The van der Waals surface area contributed by atoms with E-state index in [-0.39, 0.29) is 11.9 Å². The van der Waals surface area contributed by atoms with Crippen molar-refractivity contribution in [3.63, 3.8) is 0 Å². The lowest BCUT2D eigenvalue weighted by molar-refractivity contribution is -0.118. The second-order valence-corrected chi connectivity index (χ2v) is 7.17. The molecule has 0 N–H and O–H groups in total. The Kier molecular flexibility index (Phi) is 7.17. The van der Waals surface area contributed by atoms with E-state index < -0.39 is 0 Å². The van der Waals surface area contributed by atoms with E-state index in [9.17, 15) is 4.79 Å². The van der Waals surface area contributed by atoms with E-state index in [1.807, 2.05) is 18.2 Å². The van der Waals surface area contributed by atoms with Gasteiger partial charge in [0.2, 0.25) is 5.75 Å². The number of halogens is 1. The number of β-lactam (4-membered cyclic amide) rings is 1. The number of hydrogen-bond acceptors (Lipinski definition) is 6. The number of carbonyl (C=O) groups is 1. The summed E-state index contributed by atoms with van der Waals surface area (Å²) >= 11 is 5.75. The minimum absolute atomic E-state index is 0.181. The van der Waals surface area contributed by atoms with Crippen LogP contribution in [0.15, 0.2) is 42.5 Å². The molecule has 1 atom stereocenters. The Morgan fingerprint density at radius 2 is 1.58 bits per heavy atom. The topological polar surface area (TPSA) is 66.5 Å². The lowest BCUT2D eigenvalue weighted by Crippen LogP contribution is -2.48. The second-order valence-electron chi connectivity index (χ2n) is 6.79. The largest absolute Gasteiger partial charge is 0.493 e. The molecular formula is C23H26ClNO6. The van der Waals surface area contributed by atoms with Gasteiger partial charge in [-0.15, -0.1) is 11.6 Å². The van der Waals surface area contributed by atoms with Crippen molar-refractivity contribution in [2.45, 2.75) is 12.5 Å². The van der Waals surface area contributed by atoms with Crippen LogP contribution in [0.3, 0.4) is 0 Å². The molecule has 166 valence electrons. The number of benzene rings is 2. The van der Waals surface area contributed by atoms with E-state index in [0.29, 0.717) is 58.9 Å².